The lowest BCUT2D eigenvalue weighted by Gasteiger charge is -2.29. The summed E-state index contributed by atoms with van der Waals surface area (Å²) in [6.07, 6.45) is -2.92. The summed E-state index contributed by atoms with van der Waals surface area (Å²) >= 11 is 0. The first-order valence-electron chi connectivity index (χ1n) is 10.8. The summed E-state index contributed by atoms with van der Waals surface area (Å²) in [5.74, 6) is -1.16. The maximum Gasteiger partial charge on any atom is 0.573 e. The van der Waals surface area contributed by atoms with Crippen LogP contribution in [0.15, 0.2) is 48.7 Å². The van der Waals surface area contributed by atoms with E-state index in [1.807, 2.05) is 0 Å². The number of hydrogen-bond acceptors (Lipinski definition) is 7. The summed E-state index contributed by atoms with van der Waals surface area (Å²) in [5, 5.41) is 10.2. The number of piperidine rings is 1. The molecule has 3 heterocycles. The van der Waals surface area contributed by atoms with Gasteiger partial charge in [0.2, 0.25) is 11.8 Å². The van der Waals surface area contributed by atoms with Crippen molar-refractivity contribution in [2.24, 2.45) is 0 Å². The van der Waals surface area contributed by atoms with Crippen molar-refractivity contribution in [1.29, 1.82) is 0 Å². The maximum atomic E-state index is 12.9. The number of amides is 3. The van der Waals surface area contributed by atoms with Crippen LogP contribution in [0.3, 0.4) is 0 Å². The second-order valence-corrected chi connectivity index (χ2v) is 8.17. The molecule has 2 aliphatic rings. The van der Waals surface area contributed by atoms with E-state index >= 15 is 0 Å². The van der Waals surface area contributed by atoms with E-state index in [-0.39, 0.29) is 37.8 Å². The van der Waals surface area contributed by atoms with Crippen LogP contribution in [0.25, 0.3) is 5.69 Å². The first kappa shape index (κ1) is 23.3. The van der Waals surface area contributed by atoms with Gasteiger partial charge in [-0.2, -0.15) is 0 Å². The molecule has 1 saturated heterocycles. The topological polar surface area (TPSA) is 116 Å². The Kier molecular flexibility index (Phi) is 5.82. The van der Waals surface area contributed by atoms with Gasteiger partial charge in [-0.15, -0.1) is 18.3 Å². The fourth-order valence-electron chi connectivity index (χ4n) is 4.16. The predicted molar refractivity (Wildman–Crippen MR) is 115 cm³/mol. The number of rotatable bonds is 6. The van der Waals surface area contributed by atoms with Gasteiger partial charge in [0.25, 0.3) is 5.91 Å². The Morgan fingerprint density at radius 3 is 2.69 bits per heavy atom. The highest BCUT2D eigenvalue weighted by Crippen LogP contribution is 2.34. The van der Waals surface area contributed by atoms with Crippen molar-refractivity contribution in [2.45, 2.75) is 38.4 Å². The Balaban J connectivity index is 1.28. The molecule has 0 saturated carbocycles. The normalized spacial score (nSPS) is 17.7. The fraction of sp³-hybridized carbons (Fsp3) is 0.261. The molecule has 5 rings (SSSR count). The highest BCUT2D eigenvalue weighted by molar-refractivity contribution is 6.05. The number of hydrogen-bond donors (Lipinski definition) is 1. The van der Waals surface area contributed by atoms with Gasteiger partial charge in [-0.25, -0.2) is 4.68 Å². The van der Waals surface area contributed by atoms with Crippen LogP contribution < -0.4 is 14.8 Å². The molecule has 0 aliphatic carbocycles. The SMILES string of the molecule is O=C1CCC(N2Cc3c(OCc4cn(-c5cccc(OC(F)(F)F)c5)nn4)cccc3C2=O)C(=O)N1. The van der Waals surface area contributed by atoms with E-state index < -0.39 is 24.1 Å². The molecule has 2 aromatic carbocycles. The second kappa shape index (κ2) is 8.98. The number of imide groups is 1. The molecule has 186 valence electrons. The number of fused-ring (bicyclic) bond motifs is 1. The molecule has 1 fully saturated rings. The minimum Gasteiger partial charge on any atom is -0.487 e. The zero-order valence-corrected chi connectivity index (χ0v) is 18.5. The highest BCUT2D eigenvalue weighted by atomic mass is 19.4. The maximum absolute atomic E-state index is 12.9. The van der Waals surface area contributed by atoms with Crippen molar-refractivity contribution in [3.8, 4) is 17.2 Å². The zero-order chi connectivity index (χ0) is 25.4. The summed E-state index contributed by atoms with van der Waals surface area (Å²) in [6, 6.07) is 9.52. The van der Waals surface area contributed by atoms with Crippen LogP contribution in [0.2, 0.25) is 0 Å². The van der Waals surface area contributed by atoms with Crippen molar-refractivity contribution in [1.82, 2.24) is 25.2 Å². The van der Waals surface area contributed by atoms with Crippen LogP contribution in [0.1, 0.15) is 34.5 Å². The number of alkyl halides is 3. The third kappa shape index (κ3) is 4.72. The van der Waals surface area contributed by atoms with Crippen molar-refractivity contribution >= 4 is 17.7 Å². The number of nitrogens with one attached hydrogen (secondary N) is 1. The largest absolute Gasteiger partial charge is 0.573 e. The van der Waals surface area contributed by atoms with E-state index in [4.69, 9.17) is 4.74 Å². The summed E-state index contributed by atoms with van der Waals surface area (Å²) in [5.41, 5.74) is 1.71. The number of carbonyl (C=O) groups excluding carboxylic acids is 3. The third-order valence-corrected chi connectivity index (χ3v) is 5.77. The van der Waals surface area contributed by atoms with E-state index in [0.29, 0.717) is 28.3 Å². The summed E-state index contributed by atoms with van der Waals surface area (Å²) in [7, 11) is 0. The van der Waals surface area contributed by atoms with Gasteiger partial charge >= 0.3 is 6.36 Å². The van der Waals surface area contributed by atoms with E-state index in [0.717, 1.165) is 0 Å². The van der Waals surface area contributed by atoms with Gasteiger partial charge in [-0.1, -0.05) is 17.3 Å². The van der Waals surface area contributed by atoms with Crippen molar-refractivity contribution in [3.63, 3.8) is 0 Å². The quantitative estimate of drug-likeness (QED) is 0.516. The Bertz CT molecular complexity index is 1360. The molecule has 13 heteroatoms. The van der Waals surface area contributed by atoms with Gasteiger partial charge < -0.3 is 14.4 Å². The van der Waals surface area contributed by atoms with Crippen LogP contribution in [0.5, 0.6) is 11.5 Å². The number of ether oxygens (including phenoxy) is 2. The predicted octanol–water partition coefficient (Wildman–Crippen LogP) is 2.51. The number of nitrogens with zero attached hydrogens (tertiary/aromatic N) is 4. The van der Waals surface area contributed by atoms with E-state index in [1.165, 1.54) is 34.0 Å². The van der Waals surface area contributed by atoms with Crippen molar-refractivity contribution in [2.75, 3.05) is 0 Å². The number of aromatic nitrogens is 3. The highest BCUT2D eigenvalue weighted by Gasteiger charge is 2.40. The van der Waals surface area contributed by atoms with Gasteiger partial charge in [-0.3, -0.25) is 19.7 Å². The molecule has 0 spiro atoms. The fourth-order valence-corrected chi connectivity index (χ4v) is 4.16. The molecule has 3 amide bonds. The first-order chi connectivity index (χ1) is 17.2. The minimum absolute atomic E-state index is 0.0260. The van der Waals surface area contributed by atoms with Crippen LogP contribution in [0, 0.1) is 0 Å². The number of halogens is 3. The Morgan fingerprint density at radius 2 is 1.92 bits per heavy atom. The molecule has 0 bridgehead atoms. The molecule has 36 heavy (non-hydrogen) atoms. The number of carbonyl (C=O) groups is 3. The average Bonchev–Trinajstić information content (AvgIpc) is 3.42. The molecule has 1 N–H and O–H groups in total. The van der Waals surface area contributed by atoms with Crippen LogP contribution in [-0.4, -0.2) is 50.0 Å². The average molecular weight is 501 g/mol. The van der Waals surface area contributed by atoms with Crippen LogP contribution in [-0.2, 0) is 22.7 Å². The van der Waals surface area contributed by atoms with E-state index in [9.17, 15) is 27.6 Å². The van der Waals surface area contributed by atoms with Gasteiger partial charge in [0, 0.05) is 23.6 Å². The lowest BCUT2D eigenvalue weighted by molar-refractivity contribution is -0.274. The van der Waals surface area contributed by atoms with Gasteiger partial charge in [0.1, 0.15) is 29.8 Å². The Morgan fingerprint density at radius 1 is 1.11 bits per heavy atom. The van der Waals surface area contributed by atoms with Crippen molar-refractivity contribution in [3.05, 3.63) is 65.5 Å². The first-order valence-corrected chi connectivity index (χ1v) is 10.8. The molecule has 3 aromatic rings. The van der Waals surface area contributed by atoms with Gasteiger partial charge in [-0.05, 0) is 30.7 Å². The molecule has 1 atom stereocenters. The summed E-state index contributed by atoms with van der Waals surface area (Å²) < 4.78 is 48.6. The van der Waals surface area contributed by atoms with Gasteiger partial charge in [0.05, 0.1) is 18.4 Å². The van der Waals surface area contributed by atoms with E-state index in [2.05, 4.69) is 20.4 Å². The van der Waals surface area contributed by atoms with Crippen LogP contribution in [0.4, 0.5) is 13.2 Å². The summed E-state index contributed by atoms with van der Waals surface area (Å²) in [6.45, 7) is 0.122. The number of benzene rings is 2. The molecule has 1 unspecified atom stereocenters. The molecular weight excluding hydrogens is 483 g/mol. The molecular formula is C23H18F3N5O5. The molecule has 2 aliphatic heterocycles. The lowest BCUT2D eigenvalue weighted by atomic mass is 10.0. The Hall–Kier alpha value is -4.42. The minimum atomic E-state index is -4.81. The summed E-state index contributed by atoms with van der Waals surface area (Å²) in [4.78, 5) is 38.1. The molecule has 1 aromatic heterocycles. The second-order valence-electron chi connectivity index (χ2n) is 8.17. The monoisotopic (exact) mass is 501 g/mol. The van der Waals surface area contributed by atoms with Crippen molar-refractivity contribution < 1.29 is 37.0 Å². The smallest absolute Gasteiger partial charge is 0.487 e. The van der Waals surface area contributed by atoms with Crippen LogP contribution >= 0.6 is 0 Å². The third-order valence-electron chi connectivity index (χ3n) is 5.77. The van der Waals surface area contributed by atoms with Gasteiger partial charge in [0.15, 0.2) is 0 Å². The lowest BCUT2D eigenvalue weighted by Crippen LogP contribution is -2.52. The molecule has 10 nitrogen and oxygen atoms in total. The molecule has 0 radical (unpaired) electrons. The Labute approximate surface area is 201 Å². The standard InChI is InChI=1S/C23H18F3N5O5/c24-23(25,26)36-15-4-1-3-14(9-15)31-10-13(28-29-31)12-35-19-6-2-5-16-17(19)11-30(22(16)34)18-7-8-20(32)27-21(18)33/h1-6,9-10,18H,7-8,11-12H2,(H,27,32,33). The van der Waals surface area contributed by atoms with E-state index in [1.54, 1.807) is 24.3 Å². The zero-order valence-electron chi connectivity index (χ0n) is 18.5.